The molecule has 1 heterocycles. The van der Waals surface area contributed by atoms with E-state index in [1.54, 1.807) is 0 Å². The summed E-state index contributed by atoms with van der Waals surface area (Å²) in [6.45, 7) is 2.41. The molecule has 0 radical (unpaired) electrons. The molecule has 0 fully saturated rings. The average Bonchev–Trinajstić information content (AvgIpc) is 2.61. The Labute approximate surface area is 91.3 Å². The molecule has 0 saturated carbocycles. The molecular formula is C10H13F3N2O. The molecule has 0 aliphatic heterocycles. The molecule has 0 bridgehead atoms. The fourth-order valence-corrected chi connectivity index (χ4v) is 1.38. The summed E-state index contributed by atoms with van der Waals surface area (Å²) in [6.07, 6.45) is -0.566. The zero-order chi connectivity index (χ0) is 12.2. The molecule has 3 nitrogen and oxygen atoms in total. The summed E-state index contributed by atoms with van der Waals surface area (Å²) < 4.78 is 38.4. The summed E-state index contributed by atoms with van der Waals surface area (Å²) in [5, 5.41) is 3.38. The Balaban J connectivity index is 2.82. The second-order valence-corrected chi connectivity index (χ2v) is 3.52. The molecule has 6 heteroatoms. The summed E-state index contributed by atoms with van der Waals surface area (Å²) >= 11 is 0. The van der Waals surface area contributed by atoms with Crippen LogP contribution in [-0.4, -0.2) is 16.1 Å². The van der Waals surface area contributed by atoms with Crippen molar-refractivity contribution in [2.45, 2.75) is 38.9 Å². The minimum Gasteiger partial charge on any atom is -0.298 e. The number of alkyl halides is 3. The van der Waals surface area contributed by atoms with Gasteiger partial charge in [-0.1, -0.05) is 19.8 Å². The average molecular weight is 234 g/mol. The van der Waals surface area contributed by atoms with Gasteiger partial charge in [0.15, 0.2) is 12.0 Å². The van der Waals surface area contributed by atoms with Crippen molar-refractivity contribution < 1.29 is 18.0 Å². The van der Waals surface area contributed by atoms with Crippen LogP contribution in [0.2, 0.25) is 0 Å². The number of aromatic nitrogens is 2. The molecule has 90 valence electrons. The fraction of sp³-hybridized carbons (Fsp3) is 0.600. The molecular weight excluding hydrogens is 221 g/mol. The maximum atomic E-state index is 12.4. The van der Waals surface area contributed by atoms with Gasteiger partial charge in [0.2, 0.25) is 0 Å². The topological polar surface area (TPSA) is 34.9 Å². The van der Waals surface area contributed by atoms with Gasteiger partial charge in [-0.3, -0.25) is 9.48 Å². The number of aryl methyl sites for hydroxylation is 1. The Morgan fingerprint density at radius 3 is 2.56 bits per heavy atom. The highest BCUT2D eigenvalue weighted by molar-refractivity contribution is 5.76. The molecule has 16 heavy (non-hydrogen) atoms. The smallest absolute Gasteiger partial charge is 0.298 e. The van der Waals surface area contributed by atoms with Crippen LogP contribution in [0.4, 0.5) is 13.2 Å². The normalized spacial score (nSPS) is 11.8. The molecule has 0 aliphatic carbocycles. The lowest BCUT2D eigenvalue weighted by atomic mass is 10.2. The van der Waals surface area contributed by atoms with Crippen LogP contribution in [0.3, 0.4) is 0 Å². The molecule has 0 aromatic carbocycles. The van der Waals surface area contributed by atoms with E-state index >= 15 is 0 Å². The molecule has 0 aliphatic rings. The van der Waals surface area contributed by atoms with Crippen LogP contribution in [0, 0.1) is 0 Å². The van der Waals surface area contributed by atoms with E-state index in [0.29, 0.717) is 6.54 Å². The van der Waals surface area contributed by atoms with Crippen LogP contribution >= 0.6 is 0 Å². The van der Waals surface area contributed by atoms with E-state index in [1.165, 1.54) is 4.68 Å². The number of aldehydes is 1. The van der Waals surface area contributed by atoms with Crippen LogP contribution in [0.5, 0.6) is 0 Å². The zero-order valence-corrected chi connectivity index (χ0v) is 8.92. The van der Waals surface area contributed by atoms with Gasteiger partial charge in [-0.15, -0.1) is 0 Å². The molecule has 1 rings (SSSR count). The highest BCUT2D eigenvalue weighted by atomic mass is 19.4. The van der Waals surface area contributed by atoms with E-state index in [1.807, 2.05) is 6.92 Å². The Hall–Kier alpha value is -1.33. The first-order chi connectivity index (χ1) is 7.49. The standard InChI is InChI=1S/C10H13F3N2O/c1-2-3-4-5-15-6-8(7-16)9(14-15)10(11,12)13/h6-7H,2-5H2,1H3. The summed E-state index contributed by atoms with van der Waals surface area (Å²) in [5.74, 6) is 0. The summed E-state index contributed by atoms with van der Waals surface area (Å²) in [7, 11) is 0. The van der Waals surface area contributed by atoms with Crippen molar-refractivity contribution in [3.8, 4) is 0 Å². The third-order valence-corrected chi connectivity index (χ3v) is 2.18. The highest BCUT2D eigenvalue weighted by Gasteiger charge is 2.37. The number of rotatable bonds is 5. The Morgan fingerprint density at radius 2 is 2.12 bits per heavy atom. The Bertz CT molecular complexity index is 357. The molecule has 1 aromatic rings. The first-order valence-electron chi connectivity index (χ1n) is 5.09. The number of halogens is 3. The van der Waals surface area contributed by atoms with E-state index in [9.17, 15) is 18.0 Å². The molecule has 0 spiro atoms. The lowest BCUT2D eigenvalue weighted by molar-refractivity contribution is -0.141. The van der Waals surface area contributed by atoms with Crippen molar-refractivity contribution in [2.24, 2.45) is 0 Å². The number of carbonyl (C=O) groups is 1. The van der Waals surface area contributed by atoms with Crippen molar-refractivity contribution in [2.75, 3.05) is 0 Å². The van der Waals surface area contributed by atoms with Gasteiger partial charge >= 0.3 is 6.18 Å². The van der Waals surface area contributed by atoms with Gasteiger partial charge in [-0.05, 0) is 6.42 Å². The second kappa shape index (κ2) is 5.14. The van der Waals surface area contributed by atoms with Crippen molar-refractivity contribution >= 4 is 6.29 Å². The highest BCUT2D eigenvalue weighted by Crippen LogP contribution is 2.29. The maximum Gasteiger partial charge on any atom is 0.435 e. The molecule has 0 amide bonds. The third kappa shape index (κ3) is 3.08. The molecule has 0 N–H and O–H groups in total. The monoisotopic (exact) mass is 234 g/mol. The largest absolute Gasteiger partial charge is 0.435 e. The summed E-state index contributed by atoms with van der Waals surface area (Å²) in [4.78, 5) is 10.5. The number of hydrogen-bond donors (Lipinski definition) is 0. The fourth-order valence-electron chi connectivity index (χ4n) is 1.38. The molecule has 0 atom stereocenters. The lowest BCUT2D eigenvalue weighted by Gasteiger charge is -2.02. The second-order valence-electron chi connectivity index (χ2n) is 3.52. The van der Waals surface area contributed by atoms with E-state index < -0.39 is 17.4 Å². The van der Waals surface area contributed by atoms with Gasteiger partial charge in [-0.2, -0.15) is 18.3 Å². The molecule has 0 saturated heterocycles. The van der Waals surface area contributed by atoms with Gasteiger partial charge in [0.1, 0.15) is 0 Å². The van der Waals surface area contributed by atoms with E-state index in [4.69, 9.17) is 0 Å². The SMILES string of the molecule is CCCCCn1cc(C=O)c(C(F)(F)F)n1. The van der Waals surface area contributed by atoms with Gasteiger partial charge < -0.3 is 0 Å². The van der Waals surface area contributed by atoms with Crippen LogP contribution in [0.1, 0.15) is 42.2 Å². The van der Waals surface area contributed by atoms with E-state index in [0.717, 1.165) is 25.5 Å². The number of unbranched alkanes of at least 4 members (excludes halogenated alkanes) is 2. The molecule has 1 aromatic heterocycles. The minimum absolute atomic E-state index is 0.187. The lowest BCUT2D eigenvalue weighted by Crippen LogP contribution is -2.10. The quantitative estimate of drug-likeness (QED) is 0.580. The predicted octanol–water partition coefficient (Wildman–Crippen LogP) is 2.90. The van der Waals surface area contributed by atoms with Crippen LogP contribution in [-0.2, 0) is 12.7 Å². The maximum absolute atomic E-state index is 12.4. The van der Waals surface area contributed by atoms with Crippen molar-refractivity contribution in [3.63, 3.8) is 0 Å². The zero-order valence-electron chi connectivity index (χ0n) is 8.92. The van der Waals surface area contributed by atoms with Crippen molar-refractivity contribution in [3.05, 3.63) is 17.5 Å². The Morgan fingerprint density at radius 1 is 1.44 bits per heavy atom. The number of hydrogen-bond acceptors (Lipinski definition) is 2. The van der Waals surface area contributed by atoms with Crippen molar-refractivity contribution in [1.82, 2.24) is 9.78 Å². The minimum atomic E-state index is -4.56. The first kappa shape index (κ1) is 12.7. The van der Waals surface area contributed by atoms with Gasteiger partial charge in [0, 0.05) is 12.7 Å². The van der Waals surface area contributed by atoms with E-state index in [-0.39, 0.29) is 6.29 Å². The van der Waals surface area contributed by atoms with Crippen LogP contribution in [0.25, 0.3) is 0 Å². The first-order valence-corrected chi connectivity index (χ1v) is 5.09. The van der Waals surface area contributed by atoms with Gasteiger partial charge in [-0.25, -0.2) is 0 Å². The van der Waals surface area contributed by atoms with E-state index in [2.05, 4.69) is 5.10 Å². The Kier molecular flexibility index (Phi) is 4.09. The number of carbonyl (C=O) groups excluding carboxylic acids is 1. The van der Waals surface area contributed by atoms with Gasteiger partial charge in [0.25, 0.3) is 0 Å². The van der Waals surface area contributed by atoms with Crippen molar-refractivity contribution in [1.29, 1.82) is 0 Å². The van der Waals surface area contributed by atoms with Crippen LogP contribution < -0.4 is 0 Å². The third-order valence-electron chi connectivity index (χ3n) is 2.18. The van der Waals surface area contributed by atoms with Gasteiger partial charge in [0.05, 0.1) is 5.56 Å². The summed E-state index contributed by atoms with van der Waals surface area (Å²) in [6, 6.07) is 0. The van der Waals surface area contributed by atoms with Crippen LogP contribution in [0.15, 0.2) is 6.20 Å². The summed E-state index contributed by atoms with van der Waals surface area (Å²) in [5.41, 5.74) is -1.50. The predicted molar refractivity (Wildman–Crippen MR) is 52.1 cm³/mol. The number of nitrogens with zero attached hydrogens (tertiary/aromatic N) is 2. The molecule has 0 unspecified atom stereocenters.